The van der Waals surface area contributed by atoms with Crippen LogP contribution in [0.5, 0.6) is 0 Å². The summed E-state index contributed by atoms with van der Waals surface area (Å²) in [4.78, 5) is 11.7. The van der Waals surface area contributed by atoms with E-state index in [0.29, 0.717) is 12.6 Å². The second kappa shape index (κ2) is 9.34. The molecule has 3 heteroatoms. The molecular formula is C25H27NO2. The van der Waals surface area contributed by atoms with Crippen molar-refractivity contribution < 1.29 is 9.53 Å². The van der Waals surface area contributed by atoms with Crippen molar-refractivity contribution in [3.05, 3.63) is 84.4 Å². The Morgan fingerprint density at radius 1 is 0.821 bits per heavy atom. The van der Waals surface area contributed by atoms with Gasteiger partial charge in [-0.2, -0.15) is 0 Å². The summed E-state index contributed by atoms with van der Waals surface area (Å²) in [5, 5.41) is 3.39. The Labute approximate surface area is 167 Å². The van der Waals surface area contributed by atoms with Crippen molar-refractivity contribution in [3.63, 3.8) is 0 Å². The number of ether oxygens (including phenoxy) is 1. The maximum Gasteiger partial charge on any atom is 0.303 e. The van der Waals surface area contributed by atoms with E-state index in [1.807, 2.05) is 36.4 Å². The minimum absolute atomic E-state index is 0.276. The molecule has 1 unspecified atom stereocenters. The van der Waals surface area contributed by atoms with Gasteiger partial charge in [-0.15, -0.1) is 0 Å². The van der Waals surface area contributed by atoms with E-state index in [0.717, 1.165) is 27.8 Å². The van der Waals surface area contributed by atoms with Gasteiger partial charge in [-0.3, -0.25) is 4.79 Å². The van der Waals surface area contributed by atoms with Gasteiger partial charge in [0.1, 0.15) is 6.10 Å². The number of esters is 1. The van der Waals surface area contributed by atoms with Gasteiger partial charge < -0.3 is 10.1 Å². The van der Waals surface area contributed by atoms with Gasteiger partial charge in [0.2, 0.25) is 0 Å². The first-order chi connectivity index (χ1) is 13.5. The summed E-state index contributed by atoms with van der Waals surface area (Å²) in [6, 6.07) is 27.3. The molecule has 1 N–H and O–H groups in total. The lowest BCUT2D eigenvalue weighted by atomic mass is 9.94. The molecule has 0 amide bonds. The number of carbonyl (C=O) groups excluding carboxylic acids is 1. The molecule has 0 fully saturated rings. The summed E-state index contributed by atoms with van der Waals surface area (Å²) in [5.41, 5.74) is 5.49. The van der Waals surface area contributed by atoms with E-state index < -0.39 is 0 Å². The molecule has 0 aromatic heterocycles. The zero-order valence-electron chi connectivity index (χ0n) is 16.7. The highest BCUT2D eigenvalue weighted by atomic mass is 16.5. The third-order valence-corrected chi connectivity index (χ3v) is 4.56. The zero-order valence-corrected chi connectivity index (χ0v) is 16.7. The van der Waals surface area contributed by atoms with Crippen molar-refractivity contribution >= 4 is 5.97 Å². The van der Waals surface area contributed by atoms with Crippen LogP contribution in [-0.4, -0.2) is 18.6 Å². The Hall–Kier alpha value is -2.91. The largest absolute Gasteiger partial charge is 0.456 e. The summed E-state index contributed by atoms with van der Waals surface area (Å²) < 4.78 is 5.67. The number of hydrogen-bond acceptors (Lipinski definition) is 3. The van der Waals surface area contributed by atoms with E-state index in [4.69, 9.17) is 4.74 Å². The van der Waals surface area contributed by atoms with Gasteiger partial charge in [0.05, 0.1) is 0 Å². The molecule has 0 bridgehead atoms. The van der Waals surface area contributed by atoms with E-state index in [2.05, 4.69) is 61.6 Å². The van der Waals surface area contributed by atoms with Crippen molar-refractivity contribution in [3.8, 4) is 22.3 Å². The van der Waals surface area contributed by atoms with Gasteiger partial charge in [0.25, 0.3) is 0 Å². The van der Waals surface area contributed by atoms with Crippen molar-refractivity contribution in [2.75, 3.05) is 6.54 Å². The van der Waals surface area contributed by atoms with Crippen LogP contribution < -0.4 is 5.32 Å². The molecule has 144 valence electrons. The minimum atomic E-state index is -0.342. The summed E-state index contributed by atoms with van der Waals surface area (Å²) in [6.45, 7) is 6.20. The van der Waals surface area contributed by atoms with Crippen LogP contribution in [0.3, 0.4) is 0 Å². The van der Waals surface area contributed by atoms with Crippen LogP contribution in [0.4, 0.5) is 0 Å². The molecule has 0 aliphatic rings. The van der Waals surface area contributed by atoms with Crippen LogP contribution in [0.2, 0.25) is 0 Å². The van der Waals surface area contributed by atoms with E-state index in [1.54, 1.807) is 0 Å². The topological polar surface area (TPSA) is 38.3 Å². The van der Waals surface area contributed by atoms with Crippen molar-refractivity contribution in [2.24, 2.45) is 0 Å². The van der Waals surface area contributed by atoms with Gasteiger partial charge in [0.15, 0.2) is 0 Å². The van der Waals surface area contributed by atoms with Gasteiger partial charge in [0, 0.05) is 19.5 Å². The fraction of sp³-hybridized carbons (Fsp3) is 0.240. The van der Waals surface area contributed by atoms with Crippen LogP contribution in [0, 0.1) is 0 Å². The van der Waals surface area contributed by atoms with E-state index in [9.17, 15) is 4.79 Å². The normalized spacial score (nSPS) is 12.0. The monoisotopic (exact) mass is 373 g/mol. The first kappa shape index (κ1) is 19.8. The lowest BCUT2D eigenvalue weighted by Gasteiger charge is -2.21. The molecule has 1 atom stereocenters. The Kier molecular flexibility index (Phi) is 6.62. The number of rotatable bonds is 7. The lowest BCUT2D eigenvalue weighted by molar-refractivity contribution is -0.146. The number of carbonyl (C=O) groups is 1. The van der Waals surface area contributed by atoms with Crippen molar-refractivity contribution in [1.82, 2.24) is 5.32 Å². The minimum Gasteiger partial charge on any atom is -0.456 e. The standard InChI is InChI=1S/C25H27NO2/c1-18(2)26-17-25(28-19(3)27)24-15-22(20-10-6-4-7-11-20)14-23(16-24)21-12-8-5-9-13-21/h4-16,18,25-26H,17H2,1-3H3. The van der Waals surface area contributed by atoms with E-state index in [-0.39, 0.29) is 12.1 Å². The highest BCUT2D eigenvalue weighted by molar-refractivity contribution is 5.74. The average Bonchev–Trinajstić information content (AvgIpc) is 2.71. The molecule has 3 aromatic carbocycles. The first-order valence-electron chi connectivity index (χ1n) is 9.69. The maximum atomic E-state index is 11.7. The Morgan fingerprint density at radius 2 is 1.32 bits per heavy atom. The third kappa shape index (κ3) is 5.30. The predicted octanol–water partition coefficient (Wildman–Crippen LogP) is 5.62. The molecule has 28 heavy (non-hydrogen) atoms. The average molecular weight is 373 g/mol. The van der Waals surface area contributed by atoms with Crippen LogP contribution in [0.15, 0.2) is 78.9 Å². The third-order valence-electron chi connectivity index (χ3n) is 4.56. The first-order valence-corrected chi connectivity index (χ1v) is 9.69. The van der Waals surface area contributed by atoms with E-state index >= 15 is 0 Å². The van der Waals surface area contributed by atoms with Gasteiger partial charge >= 0.3 is 5.97 Å². The SMILES string of the molecule is CC(=O)OC(CNC(C)C)c1cc(-c2ccccc2)cc(-c2ccccc2)c1. The van der Waals surface area contributed by atoms with Crippen LogP contribution in [0.1, 0.15) is 32.4 Å². The molecule has 0 radical (unpaired) electrons. The van der Waals surface area contributed by atoms with Crippen molar-refractivity contribution in [2.45, 2.75) is 32.9 Å². The Morgan fingerprint density at radius 3 is 1.75 bits per heavy atom. The number of nitrogens with one attached hydrogen (secondary N) is 1. The summed E-state index contributed by atoms with van der Waals surface area (Å²) in [7, 11) is 0. The number of benzene rings is 3. The predicted molar refractivity (Wildman–Crippen MR) is 115 cm³/mol. The van der Waals surface area contributed by atoms with Crippen molar-refractivity contribution in [1.29, 1.82) is 0 Å². The molecular weight excluding hydrogens is 346 g/mol. The van der Waals surface area contributed by atoms with Crippen LogP contribution in [0.25, 0.3) is 22.3 Å². The fourth-order valence-corrected chi connectivity index (χ4v) is 3.20. The highest BCUT2D eigenvalue weighted by Gasteiger charge is 2.18. The fourth-order valence-electron chi connectivity index (χ4n) is 3.20. The molecule has 0 saturated heterocycles. The van der Waals surface area contributed by atoms with E-state index in [1.165, 1.54) is 6.92 Å². The summed E-state index contributed by atoms with van der Waals surface area (Å²) in [5.74, 6) is -0.276. The highest BCUT2D eigenvalue weighted by Crippen LogP contribution is 2.31. The molecule has 3 aromatic rings. The lowest BCUT2D eigenvalue weighted by Crippen LogP contribution is -2.30. The Bertz CT molecular complexity index is 847. The molecule has 0 aliphatic carbocycles. The molecule has 3 rings (SSSR count). The quantitative estimate of drug-likeness (QED) is 0.546. The molecule has 3 nitrogen and oxygen atoms in total. The Balaban J connectivity index is 2.08. The number of hydrogen-bond donors (Lipinski definition) is 1. The van der Waals surface area contributed by atoms with Crippen LogP contribution >= 0.6 is 0 Å². The zero-order chi connectivity index (χ0) is 19.9. The molecule has 0 spiro atoms. The molecule has 0 aliphatic heterocycles. The maximum absolute atomic E-state index is 11.7. The van der Waals surface area contributed by atoms with Gasteiger partial charge in [-0.25, -0.2) is 0 Å². The van der Waals surface area contributed by atoms with Gasteiger partial charge in [-0.1, -0.05) is 74.5 Å². The molecule has 0 heterocycles. The van der Waals surface area contributed by atoms with Crippen LogP contribution in [-0.2, 0) is 9.53 Å². The summed E-state index contributed by atoms with van der Waals surface area (Å²) >= 11 is 0. The second-order valence-electron chi connectivity index (χ2n) is 7.24. The molecule has 0 saturated carbocycles. The second-order valence-corrected chi connectivity index (χ2v) is 7.24. The summed E-state index contributed by atoms with van der Waals surface area (Å²) in [6.07, 6.45) is -0.342. The smallest absolute Gasteiger partial charge is 0.303 e. The van der Waals surface area contributed by atoms with Gasteiger partial charge in [-0.05, 0) is 46.0 Å².